The minimum absolute atomic E-state index is 0.0316. The van der Waals surface area contributed by atoms with Gasteiger partial charge in [-0.2, -0.15) is 0 Å². The Hall–Kier alpha value is -3.92. The lowest BCUT2D eigenvalue weighted by Gasteiger charge is -2.32. The maximum atomic E-state index is 14.6. The second-order valence-corrected chi connectivity index (χ2v) is 11.2. The quantitative estimate of drug-likeness (QED) is 0.321. The van der Waals surface area contributed by atoms with Crippen LogP contribution in [0.5, 0.6) is 5.75 Å². The summed E-state index contributed by atoms with van der Waals surface area (Å²) in [6.45, 7) is 6.74. The number of ether oxygens (including phenoxy) is 1. The molecule has 8 nitrogen and oxygen atoms in total. The highest BCUT2D eigenvalue weighted by Gasteiger charge is 2.33. The third kappa shape index (κ3) is 7.59. The molecule has 0 saturated carbocycles. The first kappa shape index (κ1) is 30.6. The molecule has 0 aliphatic rings. The zero-order chi connectivity index (χ0) is 29.3. The molecular weight excluding hydrogens is 533 g/mol. The highest BCUT2D eigenvalue weighted by atomic mass is 32.2. The second kappa shape index (κ2) is 13.9. The number of anilines is 1. The predicted octanol–water partition coefficient (Wildman–Crippen LogP) is 4.75. The topological polar surface area (TPSA) is 96.0 Å². The molecule has 0 fully saturated rings. The van der Waals surface area contributed by atoms with E-state index in [4.69, 9.17) is 4.74 Å². The van der Waals surface area contributed by atoms with E-state index in [0.717, 1.165) is 4.31 Å². The summed E-state index contributed by atoms with van der Waals surface area (Å²) in [6, 6.07) is 19.0. The zero-order valence-electron chi connectivity index (χ0n) is 23.2. The van der Waals surface area contributed by atoms with Gasteiger partial charge in [-0.1, -0.05) is 43.3 Å². The largest absolute Gasteiger partial charge is 0.494 e. The van der Waals surface area contributed by atoms with E-state index in [2.05, 4.69) is 5.32 Å². The first-order chi connectivity index (χ1) is 19.1. The predicted molar refractivity (Wildman–Crippen MR) is 153 cm³/mol. The first-order valence-electron chi connectivity index (χ1n) is 13.2. The average molecular weight is 570 g/mol. The number of benzene rings is 3. The van der Waals surface area contributed by atoms with Gasteiger partial charge in [0.25, 0.3) is 10.0 Å². The van der Waals surface area contributed by atoms with Gasteiger partial charge in [-0.25, -0.2) is 12.8 Å². The molecule has 214 valence electrons. The number of hydrogen-bond donors (Lipinski definition) is 1. The number of sulfonamides is 1. The summed E-state index contributed by atoms with van der Waals surface area (Å²) in [5.74, 6) is -1.09. The van der Waals surface area contributed by atoms with Gasteiger partial charge in [0, 0.05) is 18.2 Å². The summed E-state index contributed by atoms with van der Waals surface area (Å²) in [6.07, 6.45) is 0.682. The molecule has 3 aromatic rings. The van der Waals surface area contributed by atoms with E-state index in [0.29, 0.717) is 18.8 Å². The Morgan fingerprint density at radius 2 is 1.55 bits per heavy atom. The minimum Gasteiger partial charge on any atom is -0.494 e. The fourth-order valence-corrected chi connectivity index (χ4v) is 5.40. The van der Waals surface area contributed by atoms with E-state index in [9.17, 15) is 22.4 Å². The van der Waals surface area contributed by atoms with Crippen molar-refractivity contribution in [3.8, 4) is 5.75 Å². The van der Waals surface area contributed by atoms with E-state index in [1.54, 1.807) is 55.5 Å². The Balaban J connectivity index is 2.00. The van der Waals surface area contributed by atoms with Crippen molar-refractivity contribution >= 4 is 27.5 Å². The van der Waals surface area contributed by atoms with Crippen molar-refractivity contribution < 1.29 is 27.1 Å². The second-order valence-electron chi connectivity index (χ2n) is 9.36. The van der Waals surface area contributed by atoms with Gasteiger partial charge in [0.05, 0.1) is 17.2 Å². The molecule has 3 aromatic carbocycles. The molecule has 1 N–H and O–H groups in total. The van der Waals surface area contributed by atoms with Crippen molar-refractivity contribution in [2.75, 3.05) is 17.5 Å². The standard InChI is InChI=1S/C30H36FN3O5S/c1-5-22(3)32-30(36)23(4)33(20-24-12-10-11-15-28(24)31)29(35)21-34(25-13-8-7-9-14-25)40(37,38)27-18-16-26(17-19-27)39-6-2/h7-19,22-23H,5-6,20-21H2,1-4H3,(H,32,36)/t22-,23+/m1/s1. The smallest absolute Gasteiger partial charge is 0.264 e. The Morgan fingerprint density at radius 3 is 2.15 bits per heavy atom. The summed E-state index contributed by atoms with van der Waals surface area (Å²) in [7, 11) is -4.21. The summed E-state index contributed by atoms with van der Waals surface area (Å²) in [5, 5.41) is 2.85. The number of nitrogens with one attached hydrogen (secondary N) is 1. The van der Waals surface area contributed by atoms with E-state index in [1.165, 1.54) is 35.2 Å². The maximum Gasteiger partial charge on any atom is 0.264 e. The number of carbonyl (C=O) groups excluding carboxylic acids is 2. The number of nitrogens with zero attached hydrogens (tertiary/aromatic N) is 2. The zero-order valence-corrected chi connectivity index (χ0v) is 24.0. The molecule has 10 heteroatoms. The van der Waals surface area contributed by atoms with E-state index >= 15 is 0 Å². The van der Waals surface area contributed by atoms with Crippen LogP contribution in [-0.4, -0.2) is 50.4 Å². The molecule has 0 aromatic heterocycles. The molecule has 2 atom stereocenters. The highest BCUT2D eigenvalue weighted by Crippen LogP contribution is 2.26. The van der Waals surface area contributed by atoms with Crippen LogP contribution in [-0.2, 0) is 26.2 Å². The average Bonchev–Trinajstić information content (AvgIpc) is 2.95. The van der Waals surface area contributed by atoms with Crippen molar-refractivity contribution in [2.45, 2.75) is 57.6 Å². The summed E-state index contributed by atoms with van der Waals surface area (Å²) < 4.78 is 48.7. The minimum atomic E-state index is -4.21. The number of rotatable bonds is 13. The maximum absolute atomic E-state index is 14.6. The Morgan fingerprint density at radius 1 is 0.925 bits per heavy atom. The number of amides is 2. The van der Waals surface area contributed by atoms with Crippen LogP contribution in [0.4, 0.5) is 10.1 Å². The summed E-state index contributed by atoms with van der Waals surface area (Å²) in [4.78, 5) is 28.1. The fraction of sp³-hybridized carbons (Fsp3) is 0.333. The van der Waals surface area contributed by atoms with Crippen molar-refractivity contribution in [1.29, 1.82) is 0 Å². The molecule has 0 saturated heterocycles. The van der Waals surface area contributed by atoms with E-state index in [1.807, 2.05) is 20.8 Å². The molecule has 3 rings (SSSR count). The van der Waals surface area contributed by atoms with Gasteiger partial charge in [-0.05, 0) is 69.7 Å². The Kier molecular flexibility index (Phi) is 10.7. The molecule has 0 unspecified atom stereocenters. The molecule has 0 heterocycles. The van der Waals surface area contributed by atoms with Crippen LogP contribution in [0.15, 0.2) is 83.8 Å². The summed E-state index contributed by atoms with van der Waals surface area (Å²) >= 11 is 0. The molecule has 2 amide bonds. The molecule has 0 radical (unpaired) electrons. The summed E-state index contributed by atoms with van der Waals surface area (Å²) in [5.41, 5.74) is 0.479. The van der Waals surface area contributed by atoms with Crippen LogP contribution in [0.3, 0.4) is 0 Å². The van der Waals surface area contributed by atoms with Crippen LogP contribution in [0.25, 0.3) is 0 Å². The van der Waals surface area contributed by atoms with E-state index in [-0.39, 0.29) is 28.7 Å². The van der Waals surface area contributed by atoms with E-state index < -0.39 is 40.2 Å². The van der Waals surface area contributed by atoms with Gasteiger partial charge in [-0.3, -0.25) is 13.9 Å². The lowest BCUT2D eigenvalue weighted by Crippen LogP contribution is -2.52. The van der Waals surface area contributed by atoms with Crippen LogP contribution in [0.1, 0.15) is 39.7 Å². The number of carbonyl (C=O) groups is 2. The van der Waals surface area contributed by atoms with Crippen molar-refractivity contribution in [1.82, 2.24) is 10.2 Å². The van der Waals surface area contributed by atoms with Crippen molar-refractivity contribution in [3.05, 3.63) is 90.2 Å². The molecular formula is C30H36FN3O5S. The van der Waals surface area contributed by atoms with Crippen LogP contribution < -0.4 is 14.4 Å². The van der Waals surface area contributed by atoms with Gasteiger partial charge in [-0.15, -0.1) is 0 Å². The van der Waals surface area contributed by atoms with Gasteiger partial charge in [0.1, 0.15) is 24.2 Å². The molecule has 40 heavy (non-hydrogen) atoms. The number of hydrogen-bond acceptors (Lipinski definition) is 5. The van der Waals surface area contributed by atoms with Crippen LogP contribution in [0.2, 0.25) is 0 Å². The highest BCUT2D eigenvalue weighted by molar-refractivity contribution is 7.92. The molecule has 0 aliphatic heterocycles. The van der Waals surface area contributed by atoms with Crippen LogP contribution >= 0.6 is 0 Å². The lowest BCUT2D eigenvalue weighted by molar-refractivity contribution is -0.139. The van der Waals surface area contributed by atoms with Gasteiger partial charge in [0.15, 0.2) is 0 Å². The van der Waals surface area contributed by atoms with Gasteiger partial charge < -0.3 is 15.0 Å². The van der Waals surface area contributed by atoms with Crippen molar-refractivity contribution in [3.63, 3.8) is 0 Å². The third-order valence-electron chi connectivity index (χ3n) is 6.51. The first-order valence-corrected chi connectivity index (χ1v) is 14.7. The molecule has 0 bridgehead atoms. The lowest BCUT2D eigenvalue weighted by atomic mass is 10.1. The molecule has 0 spiro atoms. The monoisotopic (exact) mass is 569 g/mol. The third-order valence-corrected chi connectivity index (χ3v) is 8.30. The number of halogens is 1. The van der Waals surface area contributed by atoms with Gasteiger partial charge >= 0.3 is 0 Å². The normalized spacial score (nSPS) is 12.7. The number of para-hydroxylation sites is 1. The Labute approximate surface area is 235 Å². The SMILES string of the molecule is CCOc1ccc(S(=O)(=O)N(CC(=O)N(Cc2ccccc2F)[C@@H](C)C(=O)N[C@H](C)CC)c2ccccc2)cc1. The Bertz CT molecular complexity index is 1380. The fourth-order valence-electron chi connectivity index (χ4n) is 3.98. The molecule has 0 aliphatic carbocycles. The van der Waals surface area contributed by atoms with Gasteiger partial charge in [0.2, 0.25) is 11.8 Å². The van der Waals surface area contributed by atoms with Crippen LogP contribution in [0, 0.1) is 5.82 Å². The van der Waals surface area contributed by atoms with Crippen molar-refractivity contribution in [2.24, 2.45) is 0 Å².